The lowest BCUT2D eigenvalue weighted by atomic mass is 9.97. The van der Waals surface area contributed by atoms with E-state index in [1.165, 1.54) is 0 Å². The van der Waals surface area contributed by atoms with Gasteiger partial charge in [-0.2, -0.15) is 0 Å². The lowest BCUT2D eigenvalue weighted by Crippen LogP contribution is -2.50. The molecule has 0 aromatic heterocycles. The summed E-state index contributed by atoms with van der Waals surface area (Å²) in [4.78, 5) is 27.3. The highest BCUT2D eigenvalue weighted by Gasteiger charge is 2.23. The molecular weight excluding hydrogens is 256 g/mol. The number of likely N-dealkylation sites (tertiary alicyclic amines) is 1. The number of hydrogen-bond acceptors (Lipinski definition) is 4. The van der Waals surface area contributed by atoms with E-state index >= 15 is 0 Å². The summed E-state index contributed by atoms with van der Waals surface area (Å²) in [5, 5.41) is 6.14. The number of carbonyl (C=O) groups is 2. The standard InChI is InChI=1S/C14H26N4O2/c1-12(19)16-10-13-2-6-17(7-3-13)11-14(20)18-8-4-15-5-9-18/h13,15H,2-11H2,1H3,(H,16,19). The van der Waals surface area contributed by atoms with Crippen molar-refractivity contribution >= 4 is 11.8 Å². The number of carbonyl (C=O) groups excluding carboxylic acids is 2. The Morgan fingerprint density at radius 3 is 2.40 bits per heavy atom. The van der Waals surface area contributed by atoms with E-state index in [1.54, 1.807) is 6.92 Å². The van der Waals surface area contributed by atoms with Crippen molar-refractivity contribution < 1.29 is 9.59 Å². The Labute approximate surface area is 120 Å². The van der Waals surface area contributed by atoms with Crippen LogP contribution in [0.1, 0.15) is 19.8 Å². The highest BCUT2D eigenvalue weighted by atomic mass is 16.2. The van der Waals surface area contributed by atoms with Gasteiger partial charge in [0.2, 0.25) is 11.8 Å². The number of nitrogens with zero attached hydrogens (tertiary/aromatic N) is 2. The number of piperidine rings is 1. The van der Waals surface area contributed by atoms with Gasteiger partial charge in [-0.1, -0.05) is 0 Å². The highest BCUT2D eigenvalue weighted by Crippen LogP contribution is 2.16. The molecule has 6 heteroatoms. The monoisotopic (exact) mass is 282 g/mol. The zero-order valence-corrected chi connectivity index (χ0v) is 12.4. The molecule has 114 valence electrons. The van der Waals surface area contributed by atoms with Gasteiger partial charge in [0, 0.05) is 39.6 Å². The molecule has 0 radical (unpaired) electrons. The van der Waals surface area contributed by atoms with Crippen LogP contribution in [0.15, 0.2) is 0 Å². The number of piperazine rings is 1. The minimum absolute atomic E-state index is 0.0429. The van der Waals surface area contributed by atoms with E-state index < -0.39 is 0 Å². The van der Waals surface area contributed by atoms with E-state index in [0.29, 0.717) is 12.5 Å². The van der Waals surface area contributed by atoms with Crippen LogP contribution in [0.2, 0.25) is 0 Å². The minimum atomic E-state index is 0.0429. The molecule has 0 unspecified atom stereocenters. The SMILES string of the molecule is CC(=O)NCC1CCN(CC(=O)N2CCNCC2)CC1. The van der Waals surface area contributed by atoms with Crippen molar-refractivity contribution in [1.29, 1.82) is 0 Å². The summed E-state index contributed by atoms with van der Waals surface area (Å²) in [6, 6.07) is 0. The molecule has 20 heavy (non-hydrogen) atoms. The fourth-order valence-corrected chi connectivity index (χ4v) is 2.84. The molecule has 2 aliphatic heterocycles. The van der Waals surface area contributed by atoms with Gasteiger partial charge in [0.25, 0.3) is 0 Å². The quantitative estimate of drug-likeness (QED) is 0.713. The highest BCUT2D eigenvalue weighted by molar-refractivity contribution is 5.78. The first-order chi connectivity index (χ1) is 9.65. The molecule has 2 rings (SSSR count). The molecule has 2 fully saturated rings. The molecule has 2 amide bonds. The molecule has 0 atom stereocenters. The second kappa shape index (κ2) is 7.59. The Hall–Kier alpha value is -1.14. The van der Waals surface area contributed by atoms with Gasteiger partial charge >= 0.3 is 0 Å². The molecule has 2 saturated heterocycles. The van der Waals surface area contributed by atoms with Gasteiger partial charge in [0.15, 0.2) is 0 Å². The van der Waals surface area contributed by atoms with Crippen molar-refractivity contribution in [2.45, 2.75) is 19.8 Å². The summed E-state index contributed by atoms with van der Waals surface area (Å²) in [6.07, 6.45) is 2.13. The third-order valence-electron chi connectivity index (χ3n) is 4.18. The van der Waals surface area contributed by atoms with Gasteiger partial charge in [0.1, 0.15) is 0 Å². The summed E-state index contributed by atoms with van der Waals surface area (Å²) >= 11 is 0. The molecule has 0 spiro atoms. The largest absolute Gasteiger partial charge is 0.356 e. The lowest BCUT2D eigenvalue weighted by molar-refractivity contribution is -0.133. The molecule has 2 heterocycles. The van der Waals surface area contributed by atoms with Gasteiger partial charge in [-0.3, -0.25) is 14.5 Å². The fraction of sp³-hybridized carbons (Fsp3) is 0.857. The first kappa shape index (κ1) is 15.3. The molecule has 2 aliphatic rings. The van der Waals surface area contributed by atoms with Crippen LogP contribution < -0.4 is 10.6 Å². The molecule has 2 N–H and O–H groups in total. The third kappa shape index (κ3) is 4.76. The summed E-state index contributed by atoms with van der Waals surface area (Å²) in [5.74, 6) is 0.859. The van der Waals surface area contributed by atoms with Crippen LogP contribution in [-0.2, 0) is 9.59 Å². The van der Waals surface area contributed by atoms with Crippen molar-refractivity contribution in [3.8, 4) is 0 Å². The molecule has 0 aromatic rings. The second-order valence-corrected chi connectivity index (χ2v) is 5.79. The number of hydrogen-bond donors (Lipinski definition) is 2. The smallest absolute Gasteiger partial charge is 0.236 e. The van der Waals surface area contributed by atoms with Crippen LogP contribution in [-0.4, -0.2) is 74.0 Å². The molecule has 0 bridgehead atoms. The van der Waals surface area contributed by atoms with Crippen LogP contribution in [0.5, 0.6) is 0 Å². The Bertz CT molecular complexity index is 334. The van der Waals surface area contributed by atoms with E-state index in [4.69, 9.17) is 0 Å². The van der Waals surface area contributed by atoms with Gasteiger partial charge in [-0.25, -0.2) is 0 Å². The average molecular weight is 282 g/mol. The number of nitrogens with one attached hydrogen (secondary N) is 2. The fourth-order valence-electron chi connectivity index (χ4n) is 2.84. The lowest BCUT2D eigenvalue weighted by Gasteiger charge is -2.34. The van der Waals surface area contributed by atoms with E-state index in [9.17, 15) is 9.59 Å². The first-order valence-corrected chi connectivity index (χ1v) is 7.60. The molecular formula is C14H26N4O2. The maximum Gasteiger partial charge on any atom is 0.236 e. The van der Waals surface area contributed by atoms with Gasteiger partial charge in [-0.15, -0.1) is 0 Å². The van der Waals surface area contributed by atoms with Crippen molar-refractivity contribution in [2.75, 3.05) is 52.4 Å². The Morgan fingerprint density at radius 1 is 1.15 bits per heavy atom. The molecule has 6 nitrogen and oxygen atoms in total. The van der Waals surface area contributed by atoms with Crippen molar-refractivity contribution in [3.63, 3.8) is 0 Å². The van der Waals surface area contributed by atoms with Gasteiger partial charge in [0.05, 0.1) is 6.54 Å². The summed E-state index contributed by atoms with van der Waals surface area (Å²) in [5.41, 5.74) is 0. The number of rotatable bonds is 4. The van der Waals surface area contributed by atoms with Crippen LogP contribution in [0.3, 0.4) is 0 Å². The predicted octanol–water partition coefficient (Wildman–Crippen LogP) is -0.734. The van der Waals surface area contributed by atoms with Crippen LogP contribution in [0.25, 0.3) is 0 Å². The molecule has 0 aromatic carbocycles. The van der Waals surface area contributed by atoms with Gasteiger partial charge < -0.3 is 15.5 Å². The van der Waals surface area contributed by atoms with E-state index in [-0.39, 0.29) is 11.8 Å². The van der Waals surface area contributed by atoms with Crippen LogP contribution in [0, 0.1) is 5.92 Å². The zero-order valence-electron chi connectivity index (χ0n) is 12.4. The average Bonchev–Trinajstić information content (AvgIpc) is 2.47. The van der Waals surface area contributed by atoms with Crippen LogP contribution in [0.4, 0.5) is 0 Å². The second-order valence-electron chi connectivity index (χ2n) is 5.79. The Balaban J connectivity index is 1.66. The van der Waals surface area contributed by atoms with E-state index in [2.05, 4.69) is 15.5 Å². The molecule has 0 aliphatic carbocycles. The maximum absolute atomic E-state index is 12.2. The van der Waals surface area contributed by atoms with E-state index in [0.717, 1.165) is 58.7 Å². The minimum Gasteiger partial charge on any atom is -0.356 e. The van der Waals surface area contributed by atoms with Crippen molar-refractivity contribution in [3.05, 3.63) is 0 Å². The van der Waals surface area contributed by atoms with E-state index in [1.807, 2.05) is 4.90 Å². The number of amides is 2. The Morgan fingerprint density at radius 2 is 1.80 bits per heavy atom. The maximum atomic E-state index is 12.2. The predicted molar refractivity (Wildman–Crippen MR) is 77.3 cm³/mol. The summed E-state index contributed by atoms with van der Waals surface area (Å²) in [7, 11) is 0. The first-order valence-electron chi connectivity index (χ1n) is 7.60. The molecule has 0 saturated carbocycles. The normalized spacial score (nSPS) is 21.8. The summed E-state index contributed by atoms with van der Waals surface area (Å²) in [6.45, 7) is 8.28. The van der Waals surface area contributed by atoms with Crippen molar-refractivity contribution in [1.82, 2.24) is 20.4 Å². The summed E-state index contributed by atoms with van der Waals surface area (Å²) < 4.78 is 0. The van der Waals surface area contributed by atoms with Crippen molar-refractivity contribution in [2.24, 2.45) is 5.92 Å². The zero-order chi connectivity index (χ0) is 14.4. The van der Waals surface area contributed by atoms with Crippen LogP contribution >= 0.6 is 0 Å². The topological polar surface area (TPSA) is 64.7 Å². The van der Waals surface area contributed by atoms with Gasteiger partial charge in [-0.05, 0) is 31.8 Å². The Kier molecular flexibility index (Phi) is 5.79. The third-order valence-corrected chi connectivity index (χ3v) is 4.18.